The van der Waals surface area contributed by atoms with Crippen LogP contribution < -0.4 is 4.74 Å². The molecule has 3 nitrogen and oxygen atoms in total. The molecule has 0 saturated heterocycles. The first kappa shape index (κ1) is 18.0. The zero-order valence-electron chi connectivity index (χ0n) is 13.9. The van der Waals surface area contributed by atoms with E-state index in [0.717, 1.165) is 17.4 Å². The van der Waals surface area contributed by atoms with Gasteiger partial charge in [-0.3, -0.25) is 4.79 Å². The molecule has 1 atom stereocenters. The number of fused-ring (bicyclic) bond motifs is 1. The Bertz CT molecular complexity index is 817. The molecule has 2 aromatic rings. The predicted molar refractivity (Wildman–Crippen MR) is 99.1 cm³/mol. The van der Waals surface area contributed by atoms with Crippen molar-refractivity contribution in [3.8, 4) is 5.75 Å². The maximum absolute atomic E-state index is 13.1. The molecule has 0 N–H and O–H groups in total. The molecule has 0 saturated carbocycles. The van der Waals surface area contributed by atoms with Gasteiger partial charge >= 0.3 is 0 Å². The Morgan fingerprint density at radius 1 is 1.20 bits per heavy atom. The lowest BCUT2D eigenvalue weighted by atomic mass is 9.79. The number of hydrogen-bond acceptors (Lipinski definition) is 3. The van der Waals surface area contributed by atoms with Crippen LogP contribution in [-0.4, -0.2) is 18.7 Å². The SMILES string of the molecule is C[C@]1(c2ccccc2)Cc2cc(OCCCC=O)c(Cl)c(Cl)c2C1=O. The summed E-state index contributed by atoms with van der Waals surface area (Å²) in [6.07, 6.45) is 2.44. The predicted octanol–water partition coefficient (Wildman–Crippen LogP) is 5.05. The second kappa shape index (κ2) is 7.19. The fourth-order valence-corrected chi connectivity index (χ4v) is 3.77. The number of unbranched alkanes of at least 4 members (excludes halogenated alkanes) is 1. The molecule has 0 aliphatic heterocycles. The summed E-state index contributed by atoms with van der Waals surface area (Å²) in [6.45, 7) is 2.30. The lowest BCUT2D eigenvalue weighted by Crippen LogP contribution is -2.29. The monoisotopic (exact) mass is 376 g/mol. The van der Waals surface area contributed by atoms with Crippen LogP contribution in [0.15, 0.2) is 36.4 Å². The van der Waals surface area contributed by atoms with E-state index in [9.17, 15) is 9.59 Å². The van der Waals surface area contributed by atoms with E-state index in [0.29, 0.717) is 37.2 Å². The summed E-state index contributed by atoms with van der Waals surface area (Å²) < 4.78 is 5.67. The zero-order chi connectivity index (χ0) is 18.0. The second-order valence-electron chi connectivity index (χ2n) is 6.40. The van der Waals surface area contributed by atoms with Crippen molar-refractivity contribution in [3.63, 3.8) is 0 Å². The fraction of sp³-hybridized carbons (Fsp3) is 0.300. The van der Waals surface area contributed by atoms with E-state index in [4.69, 9.17) is 27.9 Å². The van der Waals surface area contributed by atoms with Gasteiger partial charge in [-0.15, -0.1) is 0 Å². The largest absolute Gasteiger partial charge is 0.492 e. The van der Waals surface area contributed by atoms with Crippen molar-refractivity contribution >= 4 is 35.3 Å². The van der Waals surface area contributed by atoms with Crippen molar-refractivity contribution < 1.29 is 14.3 Å². The van der Waals surface area contributed by atoms with Gasteiger partial charge in [0.25, 0.3) is 0 Å². The third-order valence-corrected chi connectivity index (χ3v) is 5.51. The van der Waals surface area contributed by atoms with Crippen LogP contribution in [0.1, 0.15) is 41.3 Å². The van der Waals surface area contributed by atoms with Crippen LogP contribution >= 0.6 is 23.2 Å². The molecule has 0 unspecified atom stereocenters. The van der Waals surface area contributed by atoms with E-state index in [2.05, 4.69) is 0 Å². The number of benzene rings is 2. The Morgan fingerprint density at radius 2 is 1.92 bits per heavy atom. The van der Waals surface area contributed by atoms with Crippen molar-refractivity contribution in [2.45, 2.75) is 31.6 Å². The number of ketones is 1. The van der Waals surface area contributed by atoms with E-state index < -0.39 is 5.41 Å². The van der Waals surface area contributed by atoms with Crippen LogP contribution in [0.4, 0.5) is 0 Å². The van der Waals surface area contributed by atoms with E-state index in [1.165, 1.54) is 0 Å². The molecule has 5 heteroatoms. The van der Waals surface area contributed by atoms with E-state index >= 15 is 0 Å². The highest BCUT2D eigenvalue weighted by Gasteiger charge is 2.45. The van der Waals surface area contributed by atoms with Crippen molar-refractivity contribution in [3.05, 3.63) is 63.1 Å². The summed E-state index contributed by atoms with van der Waals surface area (Å²) in [5, 5.41) is 0.492. The minimum atomic E-state index is -0.660. The summed E-state index contributed by atoms with van der Waals surface area (Å²) in [6, 6.07) is 11.5. The summed E-state index contributed by atoms with van der Waals surface area (Å²) >= 11 is 12.7. The van der Waals surface area contributed by atoms with Gasteiger partial charge in [0.2, 0.25) is 0 Å². The molecule has 0 radical (unpaired) electrons. The standard InChI is InChI=1S/C20H18Cl2O3/c1-20(14-7-3-2-4-8-14)12-13-11-15(25-10-6-5-9-23)17(21)18(22)16(13)19(20)24/h2-4,7-9,11H,5-6,10,12H2,1H3/t20-/m1/s1. The molecule has 0 amide bonds. The Kier molecular flexibility index (Phi) is 5.16. The summed E-state index contributed by atoms with van der Waals surface area (Å²) in [7, 11) is 0. The second-order valence-corrected chi connectivity index (χ2v) is 7.15. The molecule has 1 aliphatic rings. The topological polar surface area (TPSA) is 43.4 Å². The first-order chi connectivity index (χ1) is 12.0. The smallest absolute Gasteiger partial charge is 0.175 e. The van der Waals surface area contributed by atoms with Gasteiger partial charge in [-0.2, -0.15) is 0 Å². The number of rotatable bonds is 6. The minimum absolute atomic E-state index is 0.0203. The van der Waals surface area contributed by atoms with Gasteiger partial charge in [0, 0.05) is 12.0 Å². The molecule has 130 valence electrons. The normalized spacial score (nSPS) is 18.9. The highest BCUT2D eigenvalue weighted by molar-refractivity contribution is 6.45. The first-order valence-corrected chi connectivity index (χ1v) is 8.92. The van der Waals surface area contributed by atoms with Crippen LogP contribution in [-0.2, 0) is 16.6 Å². The fourth-order valence-electron chi connectivity index (χ4n) is 3.27. The number of carbonyl (C=O) groups excluding carboxylic acids is 2. The van der Waals surface area contributed by atoms with Crippen molar-refractivity contribution in [2.75, 3.05) is 6.61 Å². The lowest BCUT2D eigenvalue weighted by Gasteiger charge is -2.22. The number of halogens is 2. The van der Waals surface area contributed by atoms with E-state index in [1.807, 2.05) is 37.3 Å². The number of Topliss-reactive ketones (excluding diaryl/α,β-unsaturated/α-hetero) is 1. The van der Waals surface area contributed by atoms with Crippen LogP contribution in [0.2, 0.25) is 10.0 Å². The Labute approximate surface area is 156 Å². The Morgan fingerprint density at radius 3 is 2.60 bits per heavy atom. The van der Waals surface area contributed by atoms with Crippen LogP contribution in [0, 0.1) is 0 Å². The Balaban J connectivity index is 1.95. The maximum atomic E-state index is 13.1. The first-order valence-electron chi connectivity index (χ1n) is 8.16. The van der Waals surface area contributed by atoms with E-state index in [-0.39, 0.29) is 15.8 Å². The van der Waals surface area contributed by atoms with Gasteiger partial charge in [0.15, 0.2) is 5.78 Å². The lowest BCUT2D eigenvalue weighted by molar-refractivity contribution is -0.108. The third kappa shape index (κ3) is 3.19. The highest BCUT2D eigenvalue weighted by atomic mass is 35.5. The van der Waals surface area contributed by atoms with Crippen LogP contribution in [0.3, 0.4) is 0 Å². The minimum Gasteiger partial charge on any atom is -0.492 e. The average Bonchev–Trinajstić information content (AvgIpc) is 2.88. The van der Waals surface area contributed by atoms with Gasteiger partial charge in [0.1, 0.15) is 17.1 Å². The van der Waals surface area contributed by atoms with Gasteiger partial charge in [-0.05, 0) is 37.0 Å². The maximum Gasteiger partial charge on any atom is 0.175 e. The summed E-state index contributed by atoms with van der Waals surface area (Å²) in [4.78, 5) is 23.5. The van der Waals surface area contributed by atoms with Crippen LogP contribution in [0.5, 0.6) is 5.75 Å². The van der Waals surface area contributed by atoms with Crippen LogP contribution in [0.25, 0.3) is 0 Å². The van der Waals surface area contributed by atoms with Crippen molar-refractivity contribution in [1.82, 2.24) is 0 Å². The molecule has 2 aromatic carbocycles. The Hall–Kier alpha value is -1.84. The molecule has 3 rings (SSSR count). The number of carbonyl (C=O) groups is 2. The van der Waals surface area contributed by atoms with Crippen molar-refractivity contribution in [2.24, 2.45) is 0 Å². The summed E-state index contributed by atoms with van der Waals surface area (Å²) in [5.41, 5.74) is 1.62. The van der Waals surface area contributed by atoms with Gasteiger partial charge in [0.05, 0.1) is 17.0 Å². The molecule has 0 aromatic heterocycles. The van der Waals surface area contributed by atoms with Gasteiger partial charge < -0.3 is 9.53 Å². The molecule has 0 heterocycles. The molecule has 0 spiro atoms. The average molecular weight is 377 g/mol. The van der Waals surface area contributed by atoms with Crippen molar-refractivity contribution in [1.29, 1.82) is 0 Å². The molecule has 1 aliphatic carbocycles. The molecule has 0 bridgehead atoms. The molecule has 0 fully saturated rings. The molecule has 25 heavy (non-hydrogen) atoms. The molecular formula is C20H18Cl2O3. The zero-order valence-corrected chi connectivity index (χ0v) is 15.4. The number of aldehydes is 1. The van der Waals surface area contributed by atoms with Gasteiger partial charge in [-0.25, -0.2) is 0 Å². The van der Waals surface area contributed by atoms with E-state index in [1.54, 1.807) is 6.07 Å². The highest BCUT2D eigenvalue weighted by Crippen LogP contribution is 2.47. The third-order valence-electron chi connectivity index (χ3n) is 4.66. The number of ether oxygens (including phenoxy) is 1. The number of hydrogen-bond donors (Lipinski definition) is 0. The summed E-state index contributed by atoms with van der Waals surface area (Å²) in [5.74, 6) is 0.439. The van der Waals surface area contributed by atoms with Gasteiger partial charge in [-0.1, -0.05) is 53.5 Å². The molecular weight excluding hydrogens is 359 g/mol. The quantitative estimate of drug-likeness (QED) is 0.523.